The highest BCUT2D eigenvalue weighted by atomic mass is 16.5. The quantitative estimate of drug-likeness (QED) is 0.871. The molecule has 0 bridgehead atoms. The van der Waals surface area contributed by atoms with E-state index in [4.69, 9.17) is 4.52 Å². The minimum atomic E-state index is -0.116. The van der Waals surface area contributed by atoms with Gasteiger partial charge in [-0.25, -0.2) is 0 Å². The summed E-state index contributed by atoms with van der Waals surface area (Å²) in [6.45, 7) is 6.61. The molecule has 0 aliphatic carbocycles. The number of nitrogens with zero attached hydrogens (tertiary/aromatic N) is 3. The van der Waals surface area contributed by atoms with Crippen molar-refractivity contribution < 1.29 is 14.1 Å². The molecule has 2 rings (SSSR count). The van der Waals surface area contributed by atoms with E-state index in [1.54, 1.807) is 19.9 Å². The van der Waals surface area contributed by atoms with Gasteiger partial charge in [0.15, 0.2) is 5.82 Å². The van der Waals surface area contributed by atoms with Gasteiger partial charge < -0.3 is 14.7 Å². The van der Waals surface area contributed by atoms with Gasteiger partial charge in [0.1, 0.15) is 5.76 Å². The van der Waals surface area contributed by atoms with Crippen LogP contribution in [0.4, 0.5) is 5.82 Å². The molecule has 1 aromatic heterocycles. The Bertz CT molecular complexity index is 486. The van der Waals surface area contributed by atoms with Gasteiger partial charge in [-0.15, -0.1) is 0 Å². The zero-order valence-electron chi connectivity index (χ0n) is 11.9. The van der Waals surface area contributed by atoms with Crippen LogP contribution in [-0.2, 0) is 9.59 Å². The summed E-state index contributed by atoms with van der Waals surface area (Å²) in [5.74, 6) is 1.07. The topological polar surface area (TPSA) is 78.7 Å². The molecule has 7 nitrogen and oxygen atoms in total. The van der Waals surface area contributed by atoms with Gasteiger partial charge in [0.05, 0.1) is 6.54 Å². The molecule has 0 saturated carbocycles. The van der Waals surface area contributed by atoms with Crippen molar-refractivity contribution in [2.45, 2.75) is 20.3 Å². The van der Waals surface area contributed by atoms with Gasteiger partial charge in [-0.1, -0.05) is 5.16 Å². The monoisotopic (exact) mass is 280 g/mol. The first-order valence-electron chi connectivity index (χ1n) is 6.75. The molecule has 0 spiro atoms. The van der Waals surface area contributed by atoms with Crippen molar-refractivity contribution in [2.75, 3.05) is 38.0 Å². The van der Waals surface area contributed by atoms with Gasteiger partial charge in [0.2, 0.25) is 11.8 Å². The third-order valence-corrected chi connectivity index (χ3v) is 3.30. The molecule has 1 aromatic rings. The largest absolute Gasteiger partial charge is 0.360 e. The first kappa shape index (κ1) is 14.5. The van der Waals surface area contributed by atoms with Crippen LogP contribution in [0, 0.1) is 6.92 Å². The summed E-state index contributed by atoms with van der Waals surface area (Å²) in [5, 5.41) is 6.42. The van der Waals surface area contributed by atoms with Crippen LogP contribution in [-0.4, -0.2) is 59.5 Å². The summed E-state index contributed by atoms with van der Waals surface area (Å²) >= 11 is 0. The summed E-state index contributed by atoms with van der Waals surface area (Å²) in [7, 11) is 0. The van der Waals surface area contributed by atoms with Gasteiger partial charge in [-0.2, -0.15) is 0 Å². The average molecular weight is 280 g/mol. The molecule has 2 amide bonds. The van der Waals surface area contributed by atoms with Crippen molar-refractivity contribution in [3.63, 3.8) is 0 Å². The smallest absolute Gasteiger partial charge is 0.239 e. The number of carbonyl (C=O) groups excluding carboxylic acids is 2. The van der Waals surface area contributed by atoms with E-state index in [1.165, 1.54) is 0 Å². The van der Waals surface area contributed by atoms with Crippen LogP contribution in [0.2, 0.25) is 0 Å². The van der Waals surface area contributed by atoms with Crippen molar-refractivity contribution in [1.82, 2.24) is 15.0 Å². The Morgan fingerprint density at radius 3 is 2.80 bits per heavy atom. The maximum Gasteiger partial charge on any atom is 0.239 e. The summed E-state index contributed by atoms with van der Waals surface area (Å²) in [6.07, 6.45) is 0.885. The van der Waals surface area contributed by atoms with Crippen molar-refractivity contribution >= 4 is 17.6 Å². The molecule has 1 saturated heterocycles. The number of hydrogen-bond acceptors (Lipinski definition) is 5. The van der Waals surface area contributed by atoms with Crippen molar-refractivity contribution in [3.8, 4) is 0 Å². The molecule has 20 heavy (non-hydrogen) atoms. The van der Waals surface area contributed by atoms with Gasteiger partial charge >= 0.3 is 0 Å². The van der Waals surface area contributed by atoms with E-state index in [-0.39, 0.29) is 11.8 Å². The fourth-order valence-electron chi connectivity index (χ4n) is 2.25. The Morgan fingerprint density at radius 2 is 2.15 bits per heavy atom. The zero-order chi connectivity index (χ0) is 14.5. The van der Waals surface area contributed by atoms with Crippen LogP contribution in [0.5, 0.6) is 0 Å². The maximum absolute atomic E-state index is 11.9. The zero-order valence-corrected chi connectivity index (χ0v) is 11.9. The second-order valence-corrected chi connectivity index (χ2v) is 5.01. The molecular weight excluding hydrogens is 260 g/mol. The molecule has 0 unspecified atom stereocenters. The SMILES string of the molecule is CC(=O)N1CCCN(CC(=O)Nc2cc(C)on2)CC1. The van der Waals surface area contributed by atoms with Gasteiger partial charge in [0.25, 0.3) is 0 Å². The third kappa shape index (κ3) is 4.06. The maximum atomic E-state index is 11.9. The van der Waals surface area contributed by atoms with E-state index < -0.39 is 0 Å². The second-order valence-electron chi connectivity index (χ2n) is 5.01. The van der Waals surface area contributed by atoms with Crippen molar-refractivity contribution in [3.05, 3.63) is 11.8 Å². The number of nitrogens with one attached hydrogen (secondary N) is 1. The second kappa shape index (κ2) is 6.51. The molecule has 1 aliphatic rings. The summed E-state index contributed by atoms with van der Waals surface area (Å²) in [4.78, 5) is 27.1. The van der Waals surface area contributed by atoms with Crippen LogP contribution in [0.15, 0.2) is 10.6 Å². The predicted octanol–water partition coefficient (Wildman–Crippen LogP) is 0.476. The lowest BCUT2D eigenvalue weighted by atomic mass is 10.3. The molecule has 1 aliphatic heterocycles. The lowest BCUT2D eigenvalue weighted by Gasteiger charge is -2.20. The van der Waals surface area contributed by atoms with Crippen molar-refractivity contribution in [1.29, 1.82) is 0 Å². The van der Waals surface area contributed by atoms with Gasteiger partial charge in [-0.05, 0) is 13.3 Å². The Hall–Kier alpha value is -1.89. The standard InChI is InChI=1S/C13H20N4O3/c1-10-8-12(15-20-10)14-13(19)9-16-4-3-5-17(7-6-16)11(2)18/h8H,3-7,9H2,1-2H3,(H,14,15,19). The van der Waals surface area contributed by atoms with E-state index in [1.807, 2.05) is 9.80 Å². The highest BCUT2D eigenvalue weighted by molar-refractivity contribution is 5.91. The van der Waals surface area contributed by atoms with E-state index in [0.717, 1.165) is 19.5 Å². The Kier molecular flexibility index (Phi) is 4.73. The normalized spacial score (nSPS) is 16.8. The predicted molar refractivity (Wildman–Crippen MR) is 73.2 cm³/mol. The highest BCUT2D eigenvalue weighted by Crippen LogP contribution is 2.08. The number of carbonyl (C=O) groups is 2. The number of hydrogen-bond donors (Lipinski definition) is 1. The first-order chi connectivity index (χ1) is 9.54. The van der Waals surface area contributed by atoms with Crippen LogP contribution in [0.1, 0.15) is 19.1 Å². The number of anilines is 1. The molecular formula is C13H20N4O3. The highest BCUT2D eigenvalue weighted by Gasteiger charge is 2.18. The first-order valence-corrected chi connectivity index (χ1v) is 6.75. The van der Waals surface area contributed by atoms with Gasteiger partial charge in [0, 0.05) is 39.2 Å². The van der Waals surface area contributed by atoms with E-state index in [9.17, 15) is 9.59 Å². The fourth-order valence-corrected chi connectivity index (χ4v) is 2.25. The summed E-state index contributed by atoms with van der Waals surface area (Å²) in [6, 6.07) is 1.68. The van der Waals surface area contributed by atoms with E-state index >= 15 is 0 Å². The number of rotatable bonds is 3. The van der Waals surface area contributed by atoms with E-state index in [0.29, 0.717) is 31.2 Å². The lowest BCUT2D eigenvalue weighted by molar-refractivity contribution is -0.128. The molecule has 7 heteroatoms. The fraction of sp³-hybridized carbons (Fsp3) is 0.615. The molecule has 0 radical (unpaired) electrons. The molecule has 1 N–H and O–H groups in total. The van der Waals surface area contributed by atoms with Gasteiger partial charge in [-0.3, -0.25) is 14.5 Å². The average Bonchev–Trinajstić information content (AvgIpc) is 2.63. The van der Waals surface area contributed by atoms with Crippen LogP contribution in [0.25, 0.3) is 0 Å². The Morgan fingerprint density at radius 1 is 1.35 bits per heavy atom. The van der Waals surface area contributed by atoms with Crippen molar-refractivity contribution in [2.24, 2.45) is 0 Å². The molecule has 2 heterocycles. The lowest BCUT2D eigenvalue weighted by Crippen LogP contribution is -2.37. The Balaban J connectivity index is 1.81. The molecule has 0 aromatic carbocycles. The molecule has 110 valence electrons. The molecule has 0 atom stereocenters. The number of aromatic nitrogens is 1. The number of aryl methyl sites for hydroxylation is 1. The van der Waals surface area contributed by atoms with Crippen LogP contribution < -0.4 is 5.32 Å². The number of amides is 2. The van der Waals surface area contributed by atoms with E-state index in [2.05, 4.69) is 10.5 Å². The minimum Gasteiger partial charge on any atom is -0.360 e. The summed E-state index contributed by atoms with van der Waals surface area (Å²) < 4.78 is 4.89. The van der Waals surface area contributed by atoms with Crippen LogP contribution >= 0.6 is 0 Å². The minimum absolute atomic E-state index is 0.0920. The summed E-state index contributed by atoms with van der Waals surface area (Å²) in [5.41, 5.74) is 0. The third-order valence-electron chi connectivity index (χ3n) is 3.30. The van der Waals surface area contributed by atoms with Crippen LogP contribution in [0.3, 0.4) is 0 Å². The Labute approximate surface area is 117 Å². The molecule has 1 fully saturated rings.